The number of nitro benzene ring substituents is 1. The van der Waals surface area contributed by atoms with Crippen LogP contribution in [0.4, 0.5) is 11.4 Å². The largest absolute Gasteiger partial charge is 0.496 e. The second kappa shape index (κ2) is 6.39. The molecular formula is C15H13N3O3. The molecule has 6 heteroatoms. The highest BCUT2D eigenvalue weighted by Gasteiger charge is 2.14. The van der Waals surface area contributed by atoms with Gasteiger partial charge in [0.25, 0.3) is 5.69 Å². The van der Waals surface area contributed by atoms with E-state index in [2.05, 4.69) is 11.4 Å². The molecule has 0 heterocycles. The number of methoxy groups -OCH3 is 1. The first-order chi connectivity index (χ1) is 10.1. The van der Waals surface area contributed by atoms with Crippen LogP contribution in [0.15, 0.2) is 42.5 Å². The fourth-order valence-corrected chi connectivity index (χ4v) is 1.89. The van der Waals surface area contributed by atoms with Crippen molar-refractivity contribution in [3.05, 3.63) is 63.7 Å². The molecule has 2 aromatic rings. The van der Waals surface area contributed by atoms with Crippen molar-refractivity contribution in [1.29, 1.82) is 5.26 Å². The average molecular weight is 283 g/mol. The van der Waals surface area contributed by atoms with Crippen LogP contribution in [0.3, 0.4) is 0 Å². The maximum atomic E-state index is 11.1. The Bertz CT molecular complexity index is 708. The van der Waals surface area contributed by atoms with Gasteiger partial charge in [-0.2, -0.15) is 5.26 Å². The van der Waals surface area contributed by atoms with Gasteiger partial charge in [-0.1, -0.05) is 12.1 Å². The topological polar surface area (TPSA) is 88.2 Å². The van der Waals surface area contributed by atoms with Crippen molar-refractivity contribution in [2.75, 3.05) is 12.4 Å². The Kier molecular flexibility index (Phi) is 4.36. The molecule has 0 atom stereocenters. The first-order valence-corrected chi connectivity index (χ1v) is 6.19. The van der Waals surface area contributed by atoms with Gasteiger partial charge in [0.1, 0.15) is 11.4 Å². The molecule has 21 heavy (non-hydrogen) atoms. The summed E-state index contributed by atoms with van der Waals surface area (Å²) in [6.45, 7) is 0.392. The molecule has 0 aliphatic heterocycles. The molecule has 1 N–H and O–H groups in total. The lowest BCUT2D eigenvalue weighted by Gasteiger charge is -2.08. The predicted molar refractivity (Wildman–Crippen MR) is 78.1 cm³/mol. The molecule has 6 nitrogen and oxygen atoms in total. The summed E-state index contributed by atoms with van der Waals surface area (Å²) in [4.78, 5) is 10.6. The van der Waals surface area contributed by atoms with Crippen LogP contribution in [0.5, 0.6) is 5.75 Å². The lowest BCUT2D eigenvalue weighted by atomic mass is 10.1. The van der Waals surface area contributed by atoms with Crippen LogP contribution in [0.2, 0.25) is 0 Å². The van der Waals surface area contributed by atoms with Crippen molar-refractivity contribution < 1.29 is 9.66 Å². The van der Waals surface area contributed by atoms with Gasteiger partial charge in [-0.25, -0.2) is 0 Å². The van der Waals surface area contributed by atoms with Gasteiger partial charge in [-0.15, -0.1) is 0 Å². The fourth-order valence-electron chi connectivity index (χ4n) is 1.89. The molecule has 2 rings (SSSR count). The monoisotopic (exact) mass is 283 g/mol. The first kappa shape index (κ1) is 14.3. The summed E-state index contributed by atoms with van der Waals surface area (Å²) in [5.41, 5.74) is 1.78. The molecular weight excluding hydrogens is 270 g/mol. The maximum absolute atomic E-state index is 11.1. The van der Waals surface area contributed by atoms with Crippen LogP contribution in [-0.4, -0.2) is 12.0 Å². The van der Waals surface area contributed by atoms with Crippen LogP contribution in [0, 0.1) is 21.4 Å². The van der Waals surface area contributed by atoms with E-state index in [1.54, 1.807) is 30.3 Å². The van der Waals surface area contributed by atoms with E-state index in [-0.39, 0.29) is 5.69 Å². The third-order valence-corrected chi connectivity index (χ3v) is 2.94. The molecule has 106 valence electrons. The fraction of sp³-hybridized carbons (Fsp3) is 0.133. The number of hydrogen-bond donors (Lipinski definition) is 1. The van der Waals surface area contributed by atoms with Crippen LogP contribution in [0.1, 0.15) is 11.1 Å². The summed E-state index contributed by atoms with van der Waals surface area (Å²) in [6, 6.07) is 13.8. The van der Waals surface area contributed by atoms with Gasteiger partial charge in [0.05, 0.1) is 29.7 Å². The zero-order valence-corrected chi connectivity index (χ0v) is 11.4. The van der Waals surface area contributed by atoms with E-state index >= 15 is 0 Å². The number of nitrogens with zero attached hydrogens (tertiary/aromatic N) is 2. The predicted octanol–water partition coefficient (Wildman–Crippen LogP) is 3.09. The van der Waals surface area contributed by atoms with Crippen molar-refractivity contribution in [3.63, 3.8) is 0 Å². The molecule has 0 fully saturated rings. The number of nitriles is 1. The highest BCUT2D eigenvalue weighted by Crippen LogP contribution is 2.29. The Morgan fingerprint density at radius 1 is 1.33 bits per heavy atom. The van der Waals surface area contributed by atoms with Crippen LogP contribution < -0.4 is 10.1 Å². The average Bonchev–Trinajstić information content (AvgIpc) is 2.52. The van der Waals surface area contributed by atoms with E-state index in [1.807, 2.05) is 6.07 Å². The summed E-state index contributed by atoms with van der Waals surface area (Å²) in [5.74, 6) is 0.429. The van der Waals surface area contributed by atoms with Gasteiger partial charge >= 0.3 is 0 Å². The molecule has 0 amide bonds. The van der Waals surface area contributed by atoms with Gasteiger partial charge < -0.3 is 10.1 Å². The van der Waals surface area contributed by atoms with E-state index in [1.165, 1.54) is 13.2 Å². The summed E-state index contributed by atoms with van der Waals surface area (Å²) in [7, 11) is 1.46. The lowest BCUT2D eigenvalue weighted by Crippen LogP contribution is -2.03. The van der Waals surface area contributed by atoms with Gasteiger partial charge in [0.2, 0.25) is 0 Å². The molecule has 2 aromatic carbocycles. The van der Waals surface area contributed by atoms with Crippen molar-refractivity contribution in [3.8, 4) is 11.8 Å². The van der Waals surface area contributed by atoms with Crippen molar-refractivity contribution >= 4 is 11.4 Å². The Hall–Kier alpha value is -3.07. The number of rotatable bonds is 5. The lowest BCUT2D eigenvalue weighted by molar-refractivity contribution is -0.384. The van der Waals surface area contributed by atoms with Crippen LogP contribution in [0.25, 0.3) is 0 Å². The number of nitrogens with one attached hydrogen (secondary N) is 1. The third kappa shape index (κ3) is 3.48. The molecule has 0 aromatic heterocycles. The number of nitro groups is 1. The Balaban J connectivity index is 2.19. The molecule has 0 unspecified atom stereocenters. The van der Waals surface area contributed by atoms with E-state index in [0.29, 0.717) is 23.5 Å². The van der Waals surface area contributed by atoms with E-state index < -0.39 is 4.92 Å². The molecule has 0 saturated carbocycles. The quantitative estimate of drug-likeness (QED) is 0.673. The number of anilines is 1. The second-order valence-electron chi connectivity index (χ2n) is 4.31. The van der Waals surface area contributed by atoms with E-state index in [0.717, 1.165) is 5.56 Å². The Morgan fingerprint density at radius 2 is 2.14 bits per heavy atom. The smallest absolute Gasteiger partial charge is 0.296 e. The zero-order chi connectivity index (χ0) is 15.2. The van der Waals surface area contributed by atoms with Crippen LogP contribution in [-0.2, 0) is 6.54 Å². The SMILES string of the molecule is COc1ccc(NCc2cccc(C#N)c2)c([N+](=O)[O-])c1. The van der Waals surface area contributed by atoms with Crippen molar-refractivity contribution in [1.82, 2.24) is 0 Å². The molecule has 0 saturated heterocycles. The molecule has 0 spiro atoms. The maximum Gasteiger partial charge on any atom is 0.296 e. The zero-order valence-electron chi connectivity index (χ0n) is 11.4. The van der Waals surface area contributed by atoms with Gasteiger partial charge in [0, 0.05) is 6.54 Å². The third-order valence-electron chi connectivity index (χ3n) is 2.94. The number of hydrogen-bond acceptors (Lipinski definition) is 5. The van der Waals surface area contributed by atoms with Crippen molar-refractivity contribution in [2.24, 2.45) is 0 Å². The molecule has 0 bridgehead atoms. The van der Waals surface area contributed by atoms with Crippen LogP contribution >= 0.6 is 0 Å². The van der Waals surface area contributed by atoms with E-state index in [4.69, 9.17) is 10.00 Å². The van der Waals surface area contributed by atoms with Crippen molar-refractivity contribution in [2.45, 2.75) is 6.54 Å². The number of benzene rings is 2. The first-order valence-electron chi connectivity index (χ1n) is 6.19. The van der Waals surface area contributed by atoms with Gasteiger partial charge in [-0.05, 0) is 29.8 Å². The number of ether oxygens (including phenoxy) is 1. The second-order valence-corrected chi connectivity index (χ2v) is 4.31. The normalized spacial score (nSPS) is 9.71. The summed E-state index contributed by atoms with van der Waals surface area (Å²) in [6.07, 6.45) is 0. The minimum atomic E-state index is -0.462. The minimum Gasteiger partial charge on any atom is -0.496 e. The minimum absolute atomic E-state index is 0.0502. The summed E-state index contributed by atoms with van der Waals surface area (Å²) < 4.78 is 4.98. The van der Waals surface area contributed by atoms with Gasteiger partial charge in [0.15, 0.2) is 0 Å². The van der Waals surface area contributed by atoms with Gasteiger partial charge in [-0.3, -0.25) is 10.1 Å². The molecule has 0 radical (unpaired) electrons. The molecule has 0 aliphatic rings. The summed E-state index contributed by atoms with van der Waals surface area (Å²) >= 11 is 0. The summed E-state index contributed by atoms with van der Waals surface area (Å²) in [5, 5.41) is 22.9. The Labute approximate surface area is 121 Å². The molecule has 0 aliphatic carbocycles. The highest BCUT2D eigenvalue weighted by atomic mass is 16.6. The Morgan fingerprint density at radius 3 is 2.81 bits per heavy atom. The highest BCUT2D eigenvalue weighted by molar-refractivity contribution is 5.64. The van der Waals surface area contributed by atoms with E-state index in [9.17, 15) is 10.1 Å². The standard InChI is InChI=1S/C15H13N3O3/c1-21-13-5-6-14(15(8-13)18(19)20)17-10-12-4-2-3-11(7-12)9-16/h2-8,17H,10H2,1H3.